The average molecular weight is 248 g/mol. The van der Waals surface area contributed by atoms with Gasteiger partial charge in [0.05, 0.1) is 12.8 Å². The number of nitrogens with one attached hydrogen (secondary N) is 1. The first-order valence-corrected chi connectivity index (χ1v) is 6.67. The number of piperidine rings is 1. The second-order valence-corrected chi connectivity index (χ2v) is 5.23. The van der Waals surface area contributed by atoms with Crippen molar-refractivity contribution in [3.05, 3.63) is 11.3 Å². The van der Waals surface area contributed by atoms with Gasteiger partial charge in [-0.15, -0.1) is 0 Å². The van der Waals surface area contributed by atoms with Gasteiger partial charge in [0.2, 0.25) is 0 Å². The summed E-state index contributed by atoms with van der Waals surface area (Å²) >= 11 is 0. The third-order valence-electron chi connectivity index (χ3n) is 3.91. The van der Waals surface area contributed by atoms with Gasteiger partial charge in [-0.2, -0.15) is 9.97 Å². The Morgan fingerprint density at radius 1 is 1.22 bits per heavy atom. The normalized spacial score (nSPS) is 20.0. The molecule has 0 bridgehead atoms. The number of rotatable bonds is 2. The topological polar surface area (TPSA) is 50.3 Å². The summed E-state index contributed by atoms with van der Waals surface area (Å²) in [6, 6.07) is 0.492. The summed E-state index contributed by atoms with van der Waals surface area (Å²) in [6.45, 7) is 6.21. The SMILES string of the molecule is COc1nc2c(c(N3CCC(C)CC3)n1)CNC2. The van der Waals surface area contributed by atoms with Crippen molar-refractivity contribution in [3.63, 3.8) is 0 Å². The number of nitrogens with zero attached hydrogens (tertiary/aromatic N) is 3. The molecule has 1 aromatic rings. The van der Waals surface area contributed by atoms with Crippen LogP contribution in [0.5, 0.6) is 6.01 Å². The van der Waals surface area contributed by atoms with E-state index >= 15 is 0 Å². The molecule has 5 heteroatoms. The summed E-state index contributed by atoms with van der Waals surface area (Å²) in [7, 11) is 1.63. The molecular formula is C13H20N4O. The summed E-state index contributed by atoms with van der Waals surface area (Å²) in [5, 5.41) is 3.34. The fourth-order valence-corrected chi connectivity index (χ4v) is 2.70. The molecule has 1 N–H and O–H groups in total. The van der Waals surface area contributed by atoms with E-state index in [1.807, 2.05) is 0 Å². The Hall–Kier alpha value is -1.36. The van der Waals surface area contributed by atoms with Crippen molar-refractivity contribution in [2.45, 2.75) is 32.9 Å². The second kappa shape index (κ2) is 4.72. The van der Waals surface area contributed by atoms with Crippen LogP contribution in [0.3, 0.4) is 0 Å². The molecule has 1 saturated heterocycles. The molecule has 0 saturated carbocycles. The van der Waals surface area contributed by atoms with Crippen LogP contribution in [-0.4, -0.2) is 30.2 Å². The molecule has 0 aliphatic carbocycles. The molecule has 0 spiro atoms. The maximum absolute atomic E-state index is 5.22. The Morgan fingerprint density at radius 3 is 2.72 bits per heavy atom. The van der Waals surface area contributed by atoms with Gasteiger partial charge in [-0.1, -0.05) is 6.92 Å². The molecule has 1 fully saturated rings. The van der Waals surface area contributed by atoms with Crippen LogP contribution in [-0.2, 0) is 13.1 Å². The van der Waals surface area contributed by atoms with E-state index in [9.17, 15) is 0 Å². The van der Waals surface area contributed by atoms with E-state index in [0.29, 0.717) is 6.01 Å². The number of ether oxygens (including phenoxy) is 1. The molecule has 0 atom stereocenters. The lowest BCUT2D eigenvalue weighted by atomic mass is 9.99. The van der Waals surface area contributed by atoms with Crippen LogP contribution in [0.25, 0.3) is 0 Å². The zero-order chi connectivity index (χ0) is 12.5. The van der Waals surface area contributed by atoms with Gasteiger partial charge in [0.15, 0.2) is 0 Å². The minimum Gasteiger partial charge on any atom is -0.467 e. The van der Waals surface area contributed by atoms with E-state index in [-0.39, 0.29) is 0 Å². The van der Waals surface area contributed by atoms with Crippen molar-refractivity contribution < 1.29 is 4.74 Å². The number of fused-ring (bicyclic) bond motifs is 1. The van der Waals surface area contributed by atoms with Gasteiger partial charge < -0.3 is 15.0 Å². The number of aromatic nitrogens is 2. The summed E-state index contributed by atoms with van der Waals surface area (Å²) < 4.78 is 5.22. The molecule has 3 heterocycles. The van der Waals surface area contributed by atoms with Gasteiger partial charge in [0.25, 0.3) is 0 Å². The largest absolute Gasteiger partial charge is 0.467 e. The minimum absolute atomic E-state index is 0.492. The lowest BCUT2D eigenvalue weighted by Gasteiger charge is -2.32. The molecule has 2 aliphatic rings. The number of methoxy groups -OCH3 is 1. The maximum atomic E-state index is 5.22. The predicted octanol–water partition coefficient (Wildman–Crippen LogP) is 1.32. The Morgan fingerprint density at radius 2 is 2.00 bits per heavy atom. The first-order valence-electron chi connectivity index (χ1n) is 6.67. The first kappa shape index (κ1) is 11.7. The Labute approximate surface area is 108 Å². The van der Waals surface area contributed by atoms with Crippen molar-refractivity contribution in [3.8, 4) is 6.01 Å². The number of hydrogen-bond donors (Lipinski definition) is 1. The van der Waals surface area contributed by atoms with Gasteiger partial charge in [0, 0.05) is 31.7 Å². The summed E-state index contributed by atoms with van der Waals surface area (Å²) in [5.74, 6) is 1.91. The minimum atomic E-state index is 0.492. The van der Waals surface area contributed by atoms with Crippen LogP contribution in [0.4, 0.5) is 5.82 Å². The van der Waals surface area contributed by atoms with Gasteiger partial charge in [0.1, 0.15) is 5.82 Å². The Balaban J connectivity index is 1.93. The van der Waals surface area contributed by atoms with Crippen molar-refractivity contribution in [2.24, 2.45) is 5.92 Å². The van der Waals surface area contributed by atoms with Crippen LogP contribution in [0.2, 0.25) is 0 Å². The second-order valence-electron chi connectivity index (χ2n) is 5.23. The van der Waals surface area contributed by atoms with E-state index in [1.54, 1.807) is 7.11 Å². The Bertz CT molecular complexity index is 441. The summed E-state index contributed by atoms with van der Waals surface area (Å²) in [4.78, 5) is 11.4. The molecule has 18 heavy (non-hydrogen) atoms. The summed E-state index contributed by atoms with van der Waals surface area (Å²) in [5.41, 5.74) is 2.35. The lowest BCUT2D eigenvalue weighted by molar-refractivity contribution is 0.376. The van der Waals surface area contributed by atoms with Crippen LogP contribution in [0.15, 0.2) is 0 Å². The van der Waals surface area contributed by atoms with E-state index < -0.39 is 0 Å². The van der Waals surface area contributed by atoms with E-state index in [2.05, 4.69) is 27.1 Å². The Kier molecular flexibility index (Phi) is 3.07. The molecule has 5 nitrogen and oxygen atoms in total. The highest BCUT2D eigenvalue weighted by molar-refractivity contribution is 5.51. The third-order valence-corrected chi connectivity index (χ3v) is 3.91. The van der Waals surface area contributed by atoms with Crippen LogP contribution < -0.4 is 15.0 Å². The van der Waals surface area contributed by atoms with Crippen molar-refractivity contribution in [1.82, 2.24) is 15.3 Å². The standard InChI is InChI=1S/C13H20N4O/c1-9-3-5-17(6-4-9)12-10-7-14-8-11(10)15-13(16-12)18-2/h9,14H,3-8H2,1-2H3. The highest BCUT2D eigenvalue weighted by Gasteiger charge is 2.25. The van der Waals surface area contributed by atoms with E-state index in [1.165, 1.54) is 18.4 Å². The van der Waals surface area contributed by atoms with Gasteiger partial charge in [-0.05, 0) is 18.8 Å². The van der Waals surface area contributed by atoms with Gasteiger partial charge in [-0.3, -0.25) is 0 Å². The third kappa shape index (κ3) is 2.03. The molecule has 0 radical (unpaired) electrons. The van der Waals surface area contributed by atoms with Crippen LogP contribution in [0.1, 0.15) is 31.0 Å². The molecule has 98 valence electrons. The molecule has 0 aromatic carbocycles. The van der Waals surface area contributed by atoms with Crippen molar-refractivity contribution in [2.75, 3.05) is 25.1 Å². The molecule has 3 rings (SSSR count). The van der Waals surface area contributed by atoms with Crippen LogP contribution in [0, 0.1) is 5.92 Å². The predicted molar refractivity (Wildman–Crippen MR) is 69.7 cm³/mol. The molecule has 2 aliphatic heterocycles. The smallest absolute Gasteiger partial charge is 0.318 e. The molecule has 0 amide bonds. The first-order chi connectivity index (χ1) is 8.78. The van der Waals surface area contributed by atoms with E-state index in [4.69, 9.17) is 4.74 Å². The average Bonchev–Trinajstić information content (AvgIpc) is 2.86. The van der Waals surface area contributed by atoms with Crippen LogP contribution >= 0.6 is 0 Å². The monoisotopic (exact) mass is 248 g/mol. The van der Waals surface area contributed by atoms with Gasteiger partial charge >= 0.3 is 6.01 Å². The highest BCUT2D eigenvalue weighted by Crippen LogP contribution is 2.29. The van der Waals surface area contributed by atoms with Gasteiger partial charge in [-0.25, -0.2) is 0 Å². The zero-order valence-corrected chi connectivity index (χ0v) is 11.1. The van der Waals surface area contributed by atoms with Crippen molar-refractivity contribution >= 4 is 5.82 Å². The van der Waals surface area contributed by atoms with E-state index in [0.717, 1.165) is 43.6 Å². The number of hydrogen-bond acceptors (Lipinski definition) is 5. The number of anilines is 1. The highest BCUT2D eigenvalue weighted by atomic mass is 16.5. The fraction of sp³-hybridized carbons (Fsp3) is 0.692. The molecular weight excluding hydrogens is 228 g/mol. The van der Waals surface area contributed by atoms with Crippen molar-refractivity contribution in [1.29, 1.82) is 0 Å². The fourth-order valence-electron chi connectivity index (χ4n) is 2.70. The zero-order valence-electron chi connectivity index (χ0n) is 11.1. The quantitative estimate of drug-likeness (QED) is 0.855. The molecule has 0 unspecified atom stereocenters. The summed E-state index contributed by atoms with van der Waals surface area (Å²) in [6.07, 6.45) is 2.49. The lowest BCUT2D eigenvalue weighted by Crippen LogP contribution is -2.34. The maximum Gasteiger partial charge on any atom is 0.318 e. The molecule has 1 aromatic heterocycles.